The minimum absolute atomic E-state index is 0.514. The minimum atomic E-state index is 0.514. The van der Waals surface area contributed by atoms with Crippen molar-refractivity contribution in [3.63, 3.8) is 0 Å². The van der Waals surface area contributed by atoms with Gasteiger partial charge in [0.1, 0.15) is 5.75 Å². The van der Waals surface area contributed by atoms with Gasteiger partial charge in [0.15, 0.2) is 6.29 Å². The summed E-state index contributed by atoms with van der Waals surface area (Å²) in [6.07, 6.45) is 4.30. The molecule has 0 aliphatic heterocycles. The Balaban J connectivity index is 1.83. The maximum absolute atomic E-state index is 10.9. The van der Waals surface area contributed by atoms with Gasteiger partial charge in [-0.1, -0.05) is 18.2 Å². The van der Waals surface area contributed by atoms with Crippen LogP contribution in [0.4, 0.5) is 0 Å². The Morgan fingerprint density at radius 2 is 1.85 bits per heavy atom. The van der Waals surface area contributed by atoms with E-state index in [4.69, 9.17) is 4.74 Å². The van der Waals surface area contributed by atoms with E-state index in [1.54, 1.807) is 22.9 Å². The van der Waals surface area contributed by atoms with E-state index in [0.717, 1.165) is 17.7 Å². The number of aldehydes is 1. The molecule has 4 heteroatoms. The van der Waals surface area contributed by atoms with Crippen molar-refractivity contribution in [3.8, 4) is 17.3 Å². The van der Waals surface area contributed by atoms with Gasteiger partial charge in [-0.2, -0.15) is 0 Å². The smallest absolute Gasteiger partial charge is 0.219 e. The number of hydrogen-bond donors (Lipinski definition) is 0. The average molecular weight is 264 g/mol. The Hall–Kier alpha value is -2.88. The number of rotatable bonds is 4. The molecule has 3 aromatic rings. The fourth-order valence-electron chi connectivity index (χ4n) is 1.91. The van der Waals surface area contributed by atoms with Crippen LogP contribution in [-0.2, 0) is 0 Å². The molecule has 0 aliphatic carbocycles. The van der Waals surface area contributed by atoms with E-state index in [0.29, 0.717) is 11.6 Å². The molecule has 0 radical (unpaired) electrons. The molecule has 0 unspecified atom stereocenters. The molecule has 0 spiro atoms. The Morgan fingerprint density at radius 3 is 2.55 bits per heavy atom. The van der Waals surface area contributed by atoms with E-state index in [9.17, 15) is 4.79 Å². The maximum atomic E-state index is 10.9. The van der Waals surface area contributed by atoms with Crippen LogP contribution in [0.2, 0.25) is 0 Å². The number of nitrogens with zero attached hydrogens (tertiary/aromatic N) is 2. The van der Waals surface area contributed by atoms with Crippen LogP contribution in [0.3, 0.4) is 0 Å². The van der Waals surface area contributed by atoms with E-state index in [2.05, 4.69) is 4.98 Å². The normalized spacial score (nSPS) is 10.2. The number of carbonyl (C=O) groups excluding carboxylic acids is 1. The van der Waals surface area contributed by atoms with Gasteiger partial charge in [0.2, 0.25) is 5.88 Å². The predicted molar refractivity (Wildman–Crippen MR) is 75.5 cm³/mol. The molecule has 0 amide bonds. The highest BCUT2D eigenvalue weighted by Crippen LogP contribution is 2.20. The Morgan fingerprint density at radius 1 is 1.00 bits per heavy atom. The monoisotopic (exact) mass is 264 g/mol. The van der Waals surface area contributed by atoms with E-state index in [1.807, 2.05) is 48.7 Å². The van der Waals surface area contributed by atoms with Gasteiger partial charge in [0.05, 0.1) is 17.6 Å². The first kappa shape index (κ1) is 12.2. The molecule has 2 heterocycles. The number of benzene rings is 1. The summed E-state index contributed by atoms with van der Waals surface area (Å²) in [5.74, 6) is 1.25. The van der Waals surface area contributed by atoms with Crippen LogP contribution in [0.25, 0.3) is 5.69 Å². The van der Waals surface area contributed by atoms with Crippen LogP contribution < -0.4 is 4.74 Å². The summed E-state index contributed by atoms with van der Waals surface area (Å²) in [4.78, 5) is 15.2. The molecule has 98 valence electrons. The number of hydrogen-bond acceptors (Lipinski definition) is 3. The molecule has 1 aromatic carbocycles. The van der Waals surface area contributed by atoms with Crippen LogP contribution in [0, 0.1) is 0 Å². The molecule has 0 bridgehead atoms. The van der Waals surface area contributed by atoms with Crippen LogP contribution in [0.15, 0.2) is 67.0 Å². The lowest BCUT2D eigenvalue weighted by Gasteiger charge is -2.07. The van der Waals surface area contributed by atoms with Crippen LogP contribution in [0.5, 0.6) is 11.6 Å². The number of para-hydroxylation sites is 1. The van der Waals surface area contributed by atoms with Crippen molar-refractivity contribution in [1.29, 1.82) is 0 Å². The van der Waals surface area contributed by atoms with Gasteiger partial charge in [-0.3, -0.25) is 4.79 Å². The third-order valence-corrected chi connectivity index (χ3v) is 2.87. The molecule has 0 atom stereocenters. The second kappa shape index (κ2) is 5.40. The SMILES string of the molecule is O=Cc1cccn1-c1ccc(Oc2ccccc2)nc1. The van der Waals surface area contributed by atoms with Gasteiger partial charge in [-0.25, -0.2) is 4.98 Å². The lowest BCUT2D eigenvalue weighted by molar-refractivity contribution is 0.111. The van der Waals surface area contributed by atoms with Crippen molar-refractivity contribution in [1.82, 2.24) is 9.55 Å². The van der Waals surface area contributed by atoms with Crippen molar-refractivity contribution < 1.29 is 9.53 Å². The van der Waals surface area contributed by atoms with Gasteiger partial charge in [0.25, 0.3) is 0 Å². The molecular formula is C16H12N2O2. The summed E-state index contributed by atoms with van der Waals surface area (Å²) in [6.45, 7) is 0. The van der Waals surface area contributed by atoms with Gasteiger partial charge >= 0.3 is 0 Å². The lowest BCUT2D eigenvalue weighted by Crippen LogP contribution is -1.98. The summed E-state index contributed by atoms with van der Waals surface area (Å²) in [5, 5.41) is 0. The summed E-state index contributed by atoms with van der Waals surface area (Å²) in [5.41, 5.74) is 1.40. The van der Waals surface area contributed by atoms with Crippen molar-refractivity contribution >= 4 is 6.29 Å². The molecule has 0 saturated carbocycles. The second-order valence-corrected chi connectivity index (χ2v) is 4.19. The Bertz CT molecular complexity index is 703. The number of ether oxygens (including phenoxy) is 1. The van der Waals surface area contributed by atoms with Gasteiger partial charge in [-0.05, 0) is 30.3 Å². The molecule has 0 N–H and O–H groups in total. The summed E-state index contributed by atoms with van der Waals surface area (Å²) in [7, 11) is 0. The first-order valence-electron chi connectivity index (χ1n) is 6.19. The highest BCUT2D eigenvalue weighted by molar-refractivity contribution is 5.73. The van der Waals surface area contributed by atoms with Gasteiger partial charge < -0.3 is 9.30 Å². The van der Waals surface area contributed by atoms with Crippen molar-refractivity contribution in [2.24, 2.45) is 0 Å². The first-order chi connectivity index (χ1) is 9.86. The highest BCUT2D eigenvalue weighted by atomic mass is 16.5. The van der Waals surface area contributed by atoms with Crippen molar-refractivity contribution in [3.05, 3.63) is 72.7 Å². The molecule has 0 fully saturated rings. The zero-order valence-corrected chi connectivity index (χ0v) is 10.6. The number of carbonyl (C=O) groups is 1. The fourth-order valence-corrected chi connectivity index (χ4v) is 1.91. The predicted octanol–water partition coefficient (Wildman–Crippen LogP) is 3.48. The Kier molecular flexibility index (Phi) is 3.29. The quantitative estimate of drug-likeness (QED) is 0.678. The van der Waals surface area contributed by atoms with Crippen molar-refractivity contribution in [2.45, 2.75) is 0 Å². The molecule has 0 aliphatic rings. The number of aromatic nitrogens is 2. The summed E-state index contributed by atoms with van der Waals surface area (Å²) in [6, 6.07) is 16.7. The summed E-state index contributed by atoms with van der Waals surface area (Å²) >= 11 is 0. The minimum Gasteiger partial charge on any atom is -0.439 e. The van der Waals surface area contributed by atoms with Gasteiger partial charge in [-0.15, -0.1) is 0 Å². The van der Waals surface area contributed by atoms with E-state index >= 15 is 0 Å². The summed E-state index contributed by atoms with van der Waals surface area (Å²) < 4.78 is 7.39. The Labute approximate surface area is 116 Å². The fraction of sp³-hybridized carbons (Fsp3) is 0. The standard InChI is InChI=1S/C16H12N2O2/c19-12-14-5-4-10-18(14)13-8-9-16(17-11-13)20-15-6-2-1-3-7-15/h1-12H. The largest absolute Gasteiger partial charge is 0.439 e. The van der Waals surface area contributed by atoms with Crippen molar-refractivity contribution in [2.75, 3.05) is 0 Å². The lowest BCUT2D eigenvalue weighted by atomic mass is 10.3. The van der Waals surface area contributed by atoms with E-state index < -0.39 is 0 Å². The molecular weight excluding hydrogens is 252 g/mol. The highest BCUT2D eigenvalue weighted by Gasteiger charge is 2.03. The average Bonchev–Trinajstić information content (AvgIpc) is 2.98. The molecule has 0 saturated heterocycles. The zero-order valence-electron chi connectivity index (χ0n) is 10.6. The third kappa shape index (κ3) is 2.44. The first-order valence-corrected chi connectivity index (χ1v) is 6.19. The maximum Gasteiger partial charge on any atom is 0.219 e. The van der Waals surface area contributed by atoms with Crippen LogP contribution in [-0.4, -0.2) is 15.8 Å². The molecule has 3 rings (SSSR count). The molecule has 4 nitrogen and oxygen atoms in total. The molecule has 2 aromatic heterocycles. The zero-order chi connectivity index (χ0) is 13.8. The van der Waals surface area contributed by atoms with E-state index in [-0.39, 0.29) is 0 Å². The van der Waals surface area contributed by atoms with Gasteiger partial charge in [0, 0.05) is 12.3 Å². The second-order valence-electron chi connectivity index (χ2n) is 4.19. The third-order valence-electron chi connectivity index (χ3n) is 2.87. The number of pyridine rings is 1. The topological polar surface area (TPSA) is 44.1 Å². The van der Waals surface area contributed by atoms with Crippen LogP contribution in [0.1, 0.15) is 10.5 Å². The molecule has 20 heavy (non-hydrogen) atoms. The van der Waals surface area contributed by atoms with E-state index in [1.165, 1.54) is 0 Å². The van der Waals surface area contributed by atoms with Crippen LogP contribution >= 0.6 is 0 Å².